The van der Waals surface area contributed by atoms with Gasteiger partial charge >= 0.3 is 0 Å². The molecule has 2 aliphatic heterocycles. The second-order valence-corrected chi connectivity index (χ2v) is 5.16. The number of aryl methyl sites for hydroxylation is 1. The molecule has 2 nitrogen and oxygen atoms in total. The summed E-state index contributed by atoms with van der Waals surface area (Å²) < 4.78 is 5.90. The second kappa shape index (κ2) is 3.72. The number of hydrogen-bond acceptors (Lipinski definition) is 2. The summed E-state index contributed by atoms with van der Waals surface area (Å²) in [7, 11) is 0. The molecule has 0 radical (unpaired) electrons. The summed E-state index contributed by atoms with van der Waals surface area (Å²) in [5.41, 5.74) is 3.87. The molecule has 0 bridgehead atoms. The smallest absolute Gasteiger partial charge is 0.227 e. The highest BCUT2D eigenvalue weighted by atomic mass is 35.5. The van der Waals surface area contributed by atoms with Crippen molar-refractivity contribution in [3.05, 3.63) is 53.1 Å². The highest BCUT2D eigenvalue weighted by Gasteiger charge is 2.17. The maximum atomic E-state index is 6.27. The van der Waals surface area contributed by atoms with Crippen molar-refractivity contribution >= 4 is 33.5 Å². The Balaban J connectivity index is 2.21. The van der Waals surface area contributed by atoms with Gasteiger partial charge in [-0.25, -0.2) is 4.98 Å². The highest BCUT2D eigenvalue weighted by molar-refractivity contribution is 6.36. The fourth-order valence-corrected chi connectivity index (χ4v) is 2.74. The van der Waals surface area contributed by atoms with Gasteiger partial charge in [-0.1, -0.05) is 29.8 Å². The van der Waals surface area contributed by atoms with Gasteiger partial charge in [-0.15, -0.1) is 0 Å². The van der Waals surface area contributed by atoms with E-state index in [0.717, 1.165) is 27.4 Å². The van der Waals surface area contributed by atoms with Crippen LogP contribution in [-0.2, 0) is 0 Å². The van der Waals surface area contributed by atoms with E-state index in [2.05, 4.69) is 23.2 Å². The molecule has 2 aromatic rings. The summed E-state index contributed by atoms with van der Waals surface area (Å²) in [6.07, 6.45) is 0. The van der Waals surface area contributed by atoms with Gasteiger partial charge in [0, 0.05) is 16.3 Å². The first-order valence-electron chi connectivity index (χ1n) is 6.10. The Morgan fingerprint density at radius 1 is 1.11 bits per heavy atom. The largest absolute Gasteiger partial charge is 0.438 e. The molecule has 92 valence electrons. The van der Waals surface area contributed by atoms with Crippen LogP contribution >= 0.6 is 11.6 Å². The van der Waals surface area contributed by atoms with Crippen molar-refractivity contribution < 1.29 is 4.42 Å². The van der Waals surface area contributed by atoms with Gasteiger partial charge in [0.25, 0.3) is 0 Å². The van der Waals surface area contributed by atoms with Crippen molar-refractivity contribution in [1.29, 1.82) is 0 Å². The lowest BCUT2D eigenvalue weighted by atomic mass is 10.1. The Morgan fingerprint density at radius 3 is 2.89 bits per heavy atom. The lowest BCUT2D eigenvalue weighted by Crippen LogP contribution is -1.81. The van der Waals surface area contributed by atoms with E-state index in [-0.39, 0.29) is 0 Å². The summed E-state index contributed by atoms with van der Waals surface area (Å²) in [6.45, 7) is 2.05. The zero-order valence-electron chi connectivity index (χ0n) is 10.3. The average molecular weight is 268 g/mol. The summed E-state index contributed by atoms with van der Waals surface area (Å²) in [5, 5.41) is 2.74. The molecule has 0 fully saturated rings. The molecule has 2 aromatic carbocycles. The zero-order valence-corrected chi connectivity index (χ0v) is 11.0. The van der Waals surface area contributed by atoms with E-state index in [9.17, 15) is 0 Å². The standard InChI is InChI=1S/C16H10ClNO/c1-9-5-6-10-8-11-15-12(17)3-2-4-13(15)18-16(11)19-14(10)7-9/h2-8H,1H3. The highest BCUT2D eigenvalue weighted by Crippen LogP contribution is 2.38. The third-order valence-electron chi connectivity index (χ3n) is 3.39. The SMILES string of the molecule is Cc1ccc2cc3c4c(Cl)cccc4nc-3oc2c1. The molecule has 3 heteroatoms. The van der Waals surface area contributed by atoms with Gasteiger partial charge in [-0.2, -0.15) is 0 Å². The van der Waals surface area contributed by atoms with Crippen molar-refractivity contribution in [3.8, 4) is 11.5 Å². The van der Waals surface area contributed by atoms with Crippen LogP contribution in [-0.4, -0.2) is 4.98 Å². The summed E-state index contributed by atoms with van der Waals surface area (Å²) in [4.78, 5) is 4.50. The summed E-state index contributed by atoms with van der Waals surface area (Å²) in [5.74, 6) is 0.640. The number of fused-ring (bicyclic) bond motifs is 4. The number of benzene rings is 2. The van der Waals surface area contributed by atoms with Crippen LogP contribution < -0.4 is 0 Å². The number of aromatic nitrogens is 1. The van der Waals surface area contributed by atoms with Crippen molar-refractivity contribution in [3.63, 3.8) is 0 Å². The van der Waals surface area contributed by atoms with E-state index in [1.165, 1.54) is 5.56 Å². The minimum Gasteiger partial charge on any atom is -0.438 e. The summed E-state index contributed by atoms with van der Waals surface area (Å²) in [6, 6.07) is 14.0. The van der Waals surface area contributed by atoms with E-state index in [1.807, 2.05) is 31.2 Å². The fraction of sp³-hybridized carbons (Fsp3) is 0.0625. The van der Waals surface area contributed by atoms with E-state index in [4.69, 9.17) is 16.0 Å². The molecule has 0 aliphatic carbocycles. The predicted molar refractivity (Wildman–Crippen MR) is 77.9 cm³/mol. The number of nitrogens with zero attached hydrogens (tertiary/aromatic N) is 1. The molecule has 4 rings (SSSR count). The molecule has 0 saturated heterocycles. The Labute approximate surface area is 115 Å². The Hall–Kier alpha value is -2.06. The maximum Gasteiger partial charge on any atom is 0.227 e. The molecule has 0 unspecified atom stereocenters. The summed E-state index contributed by atoms with van der Waals surface area (Å²) >= 11 is 6.27. The molecular weight excluding hydrogens is 258 g/mol. The van der Waals surface area contributed by atoms with Gasteiger partial charge in [0.1, 0.15) is 5.58 Å². The van der Waals surface area contributed by atoms with Gasteiger partial charge in [0.2, 0.25) is 5.89 Å². The molecule has 0 amide bonds. The molecule has 2 aliphatic rings. The lowest BCUT2D eigenvalue weighted by molar-refractivity contribution is 0.604. The maximum absolute atomic E-state index is 6.27. The second-order valence-electron chi connectivity index (χ2n) is 4.75. The number of hydrogen-bond donors (Lipinski definition) is 0. The molecule has 0 saturated carbocycles. The first-order valence-corrected chi connectivity index (χ1v) is 6.48. The molecular formula is C16H10ClNO. The zero-order chi connectivity index (χ0) is 13.0. The van der Waals surface area contributed by atoms with Gasteiger partial charge in [-0.3, -0.25) is 0 Å². The quantitative estimate of drug-likeness (QED) is 0.446. The van der Waals surface area contributed by atoms with Crippen LogP contribution in [0, 0.1) is 6.92 Å². The van der Waals surface area contributed by atoms with Crippen molar-refractivity contribution in [1.82, 2.24) is 4.98 Å². The molecule has 19 heavy (non-hydrogen) atoms. The number of halogens is 1. The molecule has 0 aromatic heterocycles. The van der Waals surface area contributed by atoms with Crippen LogP contribution in [0.2, 0.25) is 5.02 Å². The molecule has 0 spiro atoms. The van der Waals surface area contributed by atoms with Crippen LogP contribution in [0.1, 0.15) is 5.56 Å². The van der Waals surface area contributed by atoms with Crippen LogP contribution in [0.25, 0.3) is 33.3 Å². The molecule has 0 N–H and O–H groups in total. The van der Waals surface area contributed by atoms with Crippen molar-refractivity contribution in [2.75, 3.05) is 0 Å². The topological polar surface area (TPSA) is 26.0 Å². The average Bonchev–Trinajstić information content (AvgIpc) is 2.74. The fourth-order valence-electron chi connectivity index (χ4n) is 2.47. The minimum absolute atomic E-state index is 0.640. The van der Waals surface area contributed by atoms with E-state index in [0.29, 0.717) is 10.9 Å². The lowest BCUT2D eigenvalue weighted by Gasteiger charge is -2.03. The number of rotatable bonds is 0. The van der Waals surface area contributed by atoms with Gasteiger partial charge in [-0.05, 0) is 36.8 Å². The van der Waals surface area contributed by atoms with E-state index in [1.54, 1.807) is 0 Å². The first kappa shape index (κ1) is 10.8. The van der Waals surface area contributed by atoms with Crippen LogP contribution in [0.4, 0.5) is 0 Å². The molecule has 2 heterocycles. The van der Waals surface area contributed by atoms with E-state index < -0.39 is 0 Å². The monoisotopic (exact) mass is 267 g/mol. The van der Waals surface area contributed by atoms with Crippen LogP contribution in [0.3, 0.4) is 0 Å². The normalized spacial score (nSPS) is 11.7. The Kier molecular flexibility index (Phi) is 2.12. The minimum atomic E-state index is 0.640. The third-order valence-corrected chi connectivity index (χ3v) is 3.70. The molecule has 0 atom stereocenters. The van der Waals surface area contributed by atoms with Gasteiger partial charge in [0.15, 0.2) is 0 Å². The van der Waals surface area contributed by atoms with Crippen molar-refractivity contribution in [2.24, 2.45) is 0 Å². The van der Waals surface area contributed by atoms with Gasteiger partial charge < -0.3 is 4.42 Å². The Morgan fingerprint density at radius 2 is 2.00 bits per heavy atom. The third kappa shape index (κ3) is 1.53. The van der Waals surface area contributed by atoms with Crippen LogP contribution in [0.15, 0.2) is 46.9 Å². The van der Waals surface area contributed by atoms with E-state index >= 15 is 0 Å². The first-order chi connectivity index (χ1) is 9.22. The van der Waals surface area contributed by atoms with Gasteiger partial charge in [0.05, 0.1) is 10.5 Å². The van der Waals surface area contributed by atoms with Crippen LogP contribution in [0.5, 0.6) is 0 Å². The van der Waals surface area contributed by atoms with Crippen molar-refractivity contribution in [2.45, 2.75) is 6.92 Å². The Bertz CT molecular complexity index is 894. The predicted octanol–water partition coefficient (Wildman–Crippen LogP) is 5.05.